The minimum atomic E-state index is -0.0628. The molecule has 1 aromatic rings. The molecule has 0 unspecified atom stereocenters. The number of benzene rings is 1. The van der Waals surface area contributed by atoms with Crippen LogP contribution in [0.4, 0.5) is 5.69 Å². The number of hydrogen-bond donors (Lipinski definition) is 1. The highest BCUT2D eigenvalue weighted by atomic mass is 35.5. The first-order valence-electron chi connectivity index (χ1n) is 5.41. The van der Waals surface area contributed by atoms with Crippen molar-refractivity contribution in [1.29, 1.82) is 0 Å². The molecule has 17 heavy (non-hydrogen) atoms. The molecule has 0 saturated heterocycles. The largest absolute Gasteiger partial charge is 0.324 e. The van der Waals surface area contributed by atoms with E-state index >= 15 is 0 Å². The second-order valence-corrected chi connectivity index (χ2v) is 5.15. The summed E-state index contributed by atoms with van der Waals surface area (Å²) in [6.07, 6.45) is 1.80. The lowest BCUT2D eigenvalue weighted by Crippen LogP contribution is -2.20. The molecule has 0 spiro atoms. The van der Waals surface area contributed by atoms with Crippen LogP contribution in [0.25, 0.3) is 0 Å². The summed E-state index contributed by atoms with van der Waals surface area (Å²) >= 11 is 17.6. The van der Waals surface area contributed by atoms with Gasteiger partial charge in [0.2, 0.25) is 5.91 Å². The van der Waals surface area contributed by atoms with Crippen LogP contribution >= 0.6 is 34.8 Å². The summed E-state index contributed by atoms with van der Waals surface area (Å²) in [5, 5.41) is 3.88. The van der Waals surface area contributed by atoms with Crippen molar-refractivity contribution in [2.24, 2.45) is 5.92 Å². The Kier molecular flexibility index (Phi) is 5.57. The molecule has 1 amide bonds. The SMILES string of the molecule is CCC[C@@H](C)C(=O)Nc1cc(Cl)c(Cl)cc1Cl. The van der Waals surface area contributed by atoms with Crippen LogP contribution in [0.2, 0.25) is 15.1 Å². The van der Waals surface area contributed by atoms with E-state index in [2.05, 4.69) is 5.32 Å². The number of nitrogens with one attached hydrogen (secondary N) is 1. The Bertz CT molecular complexity index is 420. The first-order chi connectivity index (χ1) is 7.95. The molecule has 0 aliphatic heterocycles. The Morgan fingerprint density at radius 2 is 1.82 bits per heavy atom. The highest BCUT2D eigenvalue weighted by molar-refractivity contribution is 6.44. The van der Waals surface area contributed by atoms with E-state index in [1.807, 2.05) is 13.8 Å². The summed E-state index contributed by atoms with van der Waals surface area (Å²) in [6.45, 7) is 3.92. The number of amides is 1. The van der Waals surface area contributed by atoms with Crippen molar-refractivity contribution < 1.29 is 4.79 Å². The third-order valence-electron chi connectivity index (χ3n) is 2.44. The van der Waals surface area contributed by atoms with Gasteiger partial charge in [0.15, 0.2) is 0 Å². The van der Waals surface area contributed by atoms with Crippen molar-refractivity contribution in [3.05, 3.63) is 27.2 Å². The van der Waals surface area contributed by atoms with Crippen LogP contribution in [-0.4, -0.2) is 5.91 Å². The molecule has 2 nitrogen and oxygen atoms in total. The standard InChI is InChI=1S/C12H14Cl3NO/c1-3-4-7(2)12(17)16-11-6-9(14)8(13)5-10(11)15/h5-7H,3-4H2,1-2H3,(H,16,17)/t7-/m1/s1. The quantitative estimate of drug-likeness (QED) is 0.776. The molecule has 0 aliphatic carbocycles. The number of carbonyl (C=O) groups is 1. The molecule has 5 heteroatoms. The van der Waals surface area contributed by atoms with Crippen LogP contribution < -0.4 is 5.32 Å². The average Bonchev–Trinajstić information content (AvgIpc) is 2.26. The van der Waals surface area contributed by atoms with E-state index in [-0.39, 0.29) is 11.8 Å². The lowest BCUT2D eigenvalue weighted by molar-refractivity contribution is -0.119. The number of hydrogen-bond acceptors (Lipinski definition) is 1. The Morgan fingerprint density at radius 1 is 1.24 bits per heavy atom. The molecule has 0 radical (unpaired) electrons. The number of rotatable bonds is 4. The van der Waals surface area contributed by atoms with E-state index in [0.29, 0.717) is 20.8 Å². The lowest BCUT2D eigenvalue weighted by Gasteiger charge is -2.12. The first-order valence-corrected chi connectivity index (χ1v) is 6.54. The third kappa shape index (κ3) is 4.06. The fourth-order valence-electron chi connectivity index (χ4n) is 1.44. The number of halogens is 3. The van der Waals surface area contributed by atoms with Crippen molar-refractivity contribution in [3.63, 3.8) is 0 Å². The average molecular weight is 295 g/mol. The molecule has 94 valence electrons. The van der Waals surface area contributed by atoms with Gasteiger partial charge in [0.25, 0.3) is 0 Å². The van der Waals surface area contributed by atoms with Gasteiger partial charge in [-0.2, -0.15) is 0 Å². The van der Waals surface area contributed by atoms with Crippen LogP contribution in [0.5, 0.6) is 0 Å². The van der Waals surface area contributed by atoms with Crippen molar-refractivity contribution in [2.45, 2.75) is 26.7 Å². The molecule has 0 fully saturated rings. The molecule has 0 heterocycles. The molecule has 1 N–H and O–H groups in total. The molecular formula is C12H14Cl3NO. The molecule has 1 aromatic carbocycles. The second-order valence-electron chi connectivity index (χ2n) is 3.93. The van der Waals surface area contributed by atoms with Gasteiger partial charge in [-0.25, -0.2) is 0 Å². The zero-order valence-corrected chi connectivity index (χ0v) is 12.0. The van der Waals surface area contributed by atoms with Crippen molar-refractivity contribution >= 4 is 46.4 Å². The van der Waals surface area contributed by atoms with Gasteiger partial charge in [0.05, 0.1) is 20.8 Å². The number of carbonyl (C=O) groups excluding carboxylic acids is 1. The van der Waals surface area contributed by atoms with E-state index in [4.69, 9.17) is 34.8 Å². The molecule has 1 rings (SSSR count). The molecule has 0 aromatic heterocycles. The minimum Gasteiger partial charge on any atom is -0.324 e. The minimum absolute atomic E-state index is 0.0504. The zero-order valence-electron chi connectivity index (χ0n) is 9.69. The summed E-state index contributed by atoms with van der Waals surface area (Å²) in [4.78, 5) is 11.8. The van der Waals surface area contributed by atoms with E-state index in [1.54, 1.807) is 6.07 Å². The first kappa shape index (κ1) is 14.6. The van der Waals surface area contributed by atoms with Crippen LogP contribution in [-0.2, 0) is 4.79 Å². The van der Waals surface area contributed by atoms with Crippen LogP contribution in [0.1, 0.15) is 26.7 Å². The molecule has 0 bridgehead atoms. The Hall–Kier alpha value is -0.440. The highest BCUT2D eigenvalue weighted by Gasteiger charge is 2.14. The van der Waals surface area contributed by atoms with E-state index in [9.17, 15) is 4.79 Å². The summed E-state index contributed by atoms with van der Waals surface area (Å²) in [7, 11) is 0. The van der Waals surface area contributed by atoms with Gasteiger partial charge < -0.3 is 5.32 Å². The predicted octanol–water partition coefficient (Wildman–Crippen LogP) is 5.02. The summed E-state index contributed by atoms with van der Waals surface area (Å²) in [6, 6.07) is 3.08. The fourth-order valence-corrected chi connectivity index (χ4v) is 2.03. The van der Waals surface area contributed by atoms with Gasteiger partial charge in [-0.05, 0) is 18.6 Å². The third-order valence-corrected chi connectivity index (χ3v) is 3.47. The van der Waals surface area contributed by atoms with Crippen LogP contribution in [0, 0.1) is 5.92 Å². The summed E-state index contributed by atoms with van der Waals surface area (Å²) in [5.41, 5.74) is 0.494. The molecule has 1 atom stereocenters. The maximum absolute atomic E-state index is 11.8. The maximum atomic E-state index is 11.8. The molecular weight excluding hydrogens is 280 g/mol. The number of anilines is 1. The Labute approximate surface area is 116 Å². The summed E-state index contributed by atoms with van der Waals surface area (Å²) < 4.78 is 0. The second kappa shape index (κ2) is 6.48. The predicted molar refractivity (Wildman–Crippen MR) is 74.2 cm³/mol. The van der Waals surface area contributed by atoms with Gasteiger partial charge >= 0.3 is 0 Å². The maximum Gasteiger partial charge on any atom is 0.227 e. The summed E-state index contributed by atoms with van der Waals surface area (Å²) in [5.74, 6) is -0.113. The Balaban J connectivity index is 2.81. The molecule has 0 saturated carbocycles. The van der Waals surface area contributed by atoms with Gasteiger partial charge in [-0.15, -0.1) is 0 Å². The van der Waals surface area contributed by atoms with Gasteiger partial charge in [-0.1, -0.05) is 55.1 Å². The van der Waals surface area contributed by atoms with Crippen molar-refractivity contribution in [2.75, 3.05) is 5.32 Å². The normalized spacial score (nSPS) is 12.3. The fraction of sp³-hybridized carbons (Fsp3) is 0.417. The van der Waals surface area contributed by atoms with E-state index < -0.39 is 0 Å². The monoisotopic (exact) mass is 293 g/mol. The van der Waals surface area contributed by atoms with Crippen molar-refractivity contribution in [3.8, 4) is 0 Å². The van der Waals surface area contributed by atoms with E-state index in [1.165, 1.54) is 6.07 Å². The highest BCUT2D eigenvalue weighted by Crippen LogP contribution is 2.32. The van der Waals surface area contributed by atoms with Crippen molar-refractivity contribution in [1.82, 2.24) is 0 Å². The van der Waals surface area contributed by atoms with Gasteiger partial charge in [0, 0.05) is 5.92 Å². The van der Waals surface area contributed by atoms with E-state index in [0.717, 1.165) is 12.8 Å². The van der Waals surface area contributed by atoms with Gasteiger partial charge in [-0.3, -0.25) is 4.79 Å². The molecule has 0 aliphatic rings. The Morgan fingerprint density at radius 3 is 2.41 bits per heavy atom. The smallest absolute Gasteiger partial charge is 0.227 e. The van der Waals surface area contributed by atoms with Gasteiger partial charge in [0.1, 0.15) is 0 Å². The lowest BCUT2D eigenvalue weighted by atomic mass is 10.1. The van der Waals surface area contributed by atoms with Crippen LogP contribution in [0.15, 0.2) is 12.1 Å². The van der Waals surface area contributed by atoms with Crippen LogP contribution in [0.3, 0.4) is 0 Å². The topological polar surface area (TPSA) is 29.1 Å². The zero-order chi connectivity index (χ0) is 13.0.